The third kappa shape index (κ3) is 3.19. The van der Waals surface area contributed by atoms with Gasteiger partial charge < -0.3 is 9.80 Å². The van der Waals surface area contributed by atoms with Crippen LogP contribution in [0.15, 0.2) is 24.3 Å². The summed E-state index contributed by atoms with van der Waals surface area (Å²) < 4.78 is 0. The molecule has 1 saturated heterocycles. The van der Waals surface area contributed by atoms with Crippen molar-refractivity contribution in [2.24, 2.45) is 11.8 Å². The van der Waals surface area contributed by atoms with Crippen LogP contribution in [-0.2, 0) is 15.0 Å². The largest absolute Gasteiger partial charge is 0.341 e. The lowest BCUT2D eigenvalue weighted by molar-refractivity contribution is -0.134. The average molecular weight is 328 g/mol. The zero-order valence-electron chi connectivity index (χ0n) is 15.2. The highest BCUT2D eigenvalue weighted by Crippen LogP contribution is 2.40. The van der Waals surface area contributed by atoms with Crippen LogP contribution in [0.4, 0.5) is 5.69 Å². The van der Waals surface area contributed by atoms with Crippen LogP contribution in [0.5, 0.6) is 0 Å². The molecule has 2 aliphatic rings. The Balaban J connectivity index is 1.82. The monoisotopic (exact) mass is 328 g/mol. The fraction of sp³-hybridized carbons (Fsp3) is 0.600. The van der Waals surface area contributed by atoms with Crippen molar-refractivity contribution < 1.29 is 9.59 Å². The molecule has 4 nitrogen and oxygen atoms in total. The van der Waals surface area contributed by atoms with E-state index in [4.69, 9.17) is 0 Å². The van der Waals surface area contributed by atoms with Gasteiger partial charge in [0.15, 0.2) is 0 Å². The molecule has 0 radical (unpaired) electrons. The second-order valence-corrected chi connectivity index (χ2v) is 8.30. The molecular formula is C20H28N2O2. The summed E-state index contributed by atoms with van der Waals surface area (Å²) in [4.78, 5) is 29.1. The van der Waals surface area contributed by atoms with Crippen LogP contribution in [0.3, 0.4) is 0 Å². The minimum Gasteiger partial charge on any atom is -0.341 e. The van der Waals surface area contributed by atoms with E-state index in [1.165, 1.54) is 6.42 Å². The summed E-state index contributed by atoms with van der Waals surface area (Å²) in [6, 6.07) is 7.98. The van der Waals surface area contributed by atoms with E-state index in [0.29, 0.717) is 18.3 Å². The lowest BCUT2D eigenvalue weighted by Crippen LogP contribution is -2.50. The number of carbonyl (C=O) groups excluding carboxylic acids is 2. The van der Waals surface area contributed by atoms with Gasteiger partial charge in [0.25, 0.3) is 0 Å². The summed E-state index contributed by atoms with van der Waals surface area (Å²) in [5.41, 5.74) is 1.87. The molecule has 0 aliphatic carbocycles. The van der Waals surface area contributed by atoms with Crippen LogP contribution in [0, 0.1) is 11.8 Å². The van der Waals surface area contributed by atoms with Crippen LogP contribution in [-0.4, -0.2) is 36.3 Å². The third-order valence-electron chi connectivity index (χ3n) is 5.33. The van der Waals surface area contributed by atoms with Gasteiger partial charge in [0.1, 0.15) is 6.54 Å². The van der Waals surface area contributed by atoms with Gasteiger partial charge in [-0.05, 0) is 29.9 Å². The lowest BCUT2D eigenvalue weighted by Gasteiger charge is -2.40. The first-order chi connectivity index (χ1) is 11.3. The predicted molar refractivity (Wildman–Crippen MR) is 96.0 cm³/mol. The topological polar surface area (TPSA) is 40.6 Å². The molecule has 0 N–H and O–H groups in total. The van der Waals surface area contributed by atoms with Gasteiger partial charge in [-0.2, -0.15) is 0 Å². The number of benzene rings is 1. The molecule has 0 saturated carbocycles. The van der Waals surface area contributed by atoms with Gasteiger partial charge >= 0.3 is 0 Å². The first-order valence-corrected chi connectivity index (χ1v) is 8.95. The van der Waals surface area contributed by atoms with Crippen molar-refractivity contribution in [2.75, 3.05) is 24.5 Å². The van der Waals surface area contributed by atoms with E-state index in [1.807, 2.05) is 23.1 Å². The number of amides is 2. The highest BCUT2D eigenvalue weighted by molar-refractivity contribution is 6.02. The van der Waals surface area contributed by atoms with Crippen molar-refractivity contribution >= 4 is 17.5 Å². The van der Waals surface area contributed by atoms with Crippen molar-refractivity contribution in [3.8, 4) is 0 Å². The smallest absolute Gasteiger partial charge is 0.242 e. The minimum atomic E-state index is -0.179. The molecule has 1 fully saturated rings. The zero-order valence-corrected chi connectivity index (χ0v) is 15.2. The van der Waals surface area contributed by atoms with Crippen LogP contribution < -0.4 is 4.90 Å². The number of carbonyl (C=O) groups is 2. The Kier molecular flexibility index (Phi) is 4.41. The number of fused-ring (bicyclic) bond motifs is 1. The molecule has 1 aromatic carbocycles. The molecule has 2 atom stereocenters. The van der Waals surface area contributed by atoms with Gasteiger partial charge in [0.05, 0.1) is 0 Å². The molecule has 3 rings (SSSR count). The Morgan fingerprint density at radius 3 is 2.46 bits per heavy atom. The van der Waals surface area contributed by atoms with Crippen molar-refractivity contribution in [3.05, 3.63) is 29.8 Å². The Hall–Kier alpha value is -1.84. The molecule has 0 aromatic heterocycles. The molecule has 0 spiro atoms. The van der Waals surface area contributed by atoms with Crippen LogP contribution in [0.2, 0.25) is 0 Å². The number of likely N-dealkylation sites (tertiary alicyclic amines) is 1. The van der Waals surface area contributed by atoms with Crippen LogP contribution in [0.1, 0.15) is 46.1 Å². The standard InChI is InChI=1S/C20H28N2O2/c1-14-9-15(2)12-21(11-14)19(24)13-22-17-8-6-5-7-16(17)20(3,4)10-18(22)23/h5-8,14-15H,9-13H2,1-4H3/t14-,15+. The SMILES string of the molecule is C[C@@H]1C[C@H](C)CN(C(=O)CN2C(=O)CC(C)(C)c3ccccc32)C1. The van der Waals surface area contributed by atoms with Crippen molar-refractivity contribution in [2.45, 2.75) is 46.0 Å². The van der Waals surface area contributed by atoms with Gasteiger partial charge in [-0.3, -0.25) is 9.59 Å². The molecule has 24 heavy (non-hydrogen) atoms. The summed E-state index contributed by atoms with van der Waals surface area (Å²) in [6.07, 6.45) is 1.62. The number of hydrogen-bond donors (Lipinski definition) is 0. The quantitative estimate of drug-likeness (QED) is 0.836. The van der Waals surface area contributed by atoms with E-state index in [1.54, 1.807) is 4.90 Å². The summed E-state index contributed by atoms with van der Waals surface area (Å²) in [5.74, 6) is 1.17. The van der Waals surface area contributed by atoms with Crippen molar-refractivity contribution in [1.82, 2.24) is 4.90 Å². The average Bonchev–Trinajstić information content (AvgIpc) is 2.50. The zero-order chi connectivity index (χ0) is 17.5. The highest BCUT2D eigenvalue weighted by Gasteiger charge is 2.38. The maximum absolute atomic E-state index is 12.8. The second kappa shape index (κ2) is 6.23. The number of nitrogens with zero attached hydrogens (tertiary/aromatic N) is 2. The molecule has 2 amide bonds. The molecule has 4 heteroatoms. The normalized spacial score (nSPS) is 26.2. The Morgan fingerprint density at radius 2 is 1.79 bits per heavy atom. The van der Waals surface area contributed by atoms with E-state index in [2.05, 4.69) is 33.8 Å². The Labute approximate surface area is 144 Å². The van der Waals surface area contributed by atoms with E-state index in [9.17, 15) is 9.59 Å². The third-order valence-corrected chi connectivity index (χ3v) is 5.33. The molecule has 1 aromatic rings. The summed E-state index contributed by atoms with van der Waals surface area (Å²) in [6.45, 7) is 10.3. The molecule has 0 bridgehead atoms. The fourth-order valence-corrected chi connectivity index (χ4v) is 4.26. The summed E-state index contributed by atoms with van der Waals surface area (Å²) >= 11 is 0. The Bertz CT molecular complexity index is 643. The highest BCUT2D eigenvalue weighted by atomic mass is 16.2. The first kappa shape index (κ1) is 17.0. The van der Waals surface area contributed by atoms with Crippen LogP contribution >= 0.6 is 0 Å². The maximum Gasteiger partial charge on any atom is 0.242 e. The summed E-state index contributed by atoms with van der Waals surface area (Å²) in [5, 5.41) is 0. The van der Waals surface area contributed by atoms with Crippen molar-refractivity contribution in [3.63, 3.8) is 0 Å². The second-order valence-electron chi connectivity index (χ2n) is 8.30. The van der Waals surface area contributed by atoms with E-state index < -0.39 is 0 Å². The Morgan fingerprint density at radius 1 is 1.17 bits per heavy atom. The number of hydrogen-bond acceptors (Lipinski definition) is 2. The molecule has 130 valence electrons. The molecule has 2 aliphatic heterocycles. The van der Waals surface area contributed by atoms with Gasteiger partial charge in [-0.15, -0.1) is 0 Å². The fourth-order valence-electron chi connectivity index (χ4n) is 4.26. The van der Waals surface area contributed by atoms with Crippen molar-refractivity contribution in [1.29, 1.82) is 0 Å². The van der Waals surface area contributed by atoms with E-state index in [0.717, 1.165) is 24.3 Å². The van der Waals surface area contributed by atoms with Gasteiger partial charge in [0.2, 0.25) is 11.8 Å². The van der Waals surface area contributed by atoms with Gasteiger partial charge in [-0.25, -0.2) is 0 Å². The van der Waals surface area contributed by atoms with Crippen LogP contribution in [0.25, 0.3) is 0 Å². The van der Waals surface area contributed by atoms with E-state index in [-0.39, 0.29) is 23.8 Å². The number of para-hydroxylation sites is 1. The van der Waals surface area contributed by atoms with Gasteiger partial charge in [-0.1, -0.05) is 45.9 Å². The molecule has 2 heterocycles. The van der Waals surface area contributed by atoms with E-state index >= 15 is 0 Å². The minimum absolute atomic E-state index is 0.0464. The first-order valence-electron chi connectivity index (χ1n) is 8.95. The lowest BCUT2D eigenvalue weighted by atomic mass is 9.77. The molecule has 0 unspecified atom stereocenters. The number of piperidine rings is 1. The molecular weight excluding hydrogens is 300 g/mol. The summed E-state index contributed by atoms with van der Waals surface area (Å²) in [7, 11) is 0. The predicted octanol–water partition coefficient (Wildman–Crippen LogP) is 3.21. The number of anilines is 1. The van der Waals surface area contributed by atoms with Gasteiger partial charge in [0, 0.05) is 30.6 Å². The number of rotatable bonds is 2. The maximum atomic E-state index is 12.8.